The Bertz CT molecular complexity index is 1770. The van der Waals surface area contributed by atoms with Crippen LogP contribution >= 0.6 is 11.8 Å². The molecule has 4 aromatic rings. The van der Waals surface area contributed by atoms with Gasteiger partial charge in [0.2, 0.25) is 11.8 Å². The topological polar surface area (TPSA) is 89.7 Å². The number of ether oxygens (including phenoxy) is 1. The molecule has 6 rings (SSSR count). The Kier molecular flexibility index (Phi) is 8.25. The maximum atomic E-state index is 13.0. The van der Waals surface area contributed by atoms with Gasteiger partial charge in [0.05, 0.1) is 17.1 Å². The third kappa shape index (κ3) is 6.95. The van der Waals surface area contributed by atoms with Gasteiger partial charge in [-0.3, -0.25) is 14.5 Å². The molecule has 8 nitrogen and oxygen atoms in total. The summed E-state index contributed by atoms with van der Waals surface area (Å²) in [5.41, 5.74) is 5.30. The summed E-state index contributed by atoms with van der Waals surface area (Å²) in [7, 11) is 0. The minimum Gasteiger partial charge on any atom is -0.406 e. The monoisotopic (exact) mass is 633 g/mol. The van der Waals surface area contributed by atoms with Crippen molar-refractivity contribution in [1.82, 2.24) is 14.8 Å². The van der Waals surface area contributed by atoms with E-state index in [1.165, 1.54) is 47.0 Å². The van der Waals surface area contributed by atoms with E-state index in [4.69, 9.17) is 0 Å². The molecule has 45 heavy (non-hydrogen) atoms. The van der Waals surface area contributed by atoms with E-state index in [-0.39, 0.29) is 41.1 Å². The number of aliphatic imine (C=N–C) groups is 1. The van der Waals surface area contributed by atoms with Gasteiger partial charge in [0.15, 0.2) is 11.0 Å². The number of amidine groups is 1. The predicted molar refractivity (Wildman–Crippen MR) is 167 cm³/mol. The van der Waals surface area contributed by atoms with Gasteiger partial charge in [-0.25, -0.2) is 9.67 Å². The van der Waals surface area contributed by atoms with Gasteiger partial charge in [-0.1, -0.05) is 62.0 Å². The van der Waals surface area contributed by atoms with Crippen LogP contribution in [0.4, 0.5) is 18.9 Å². The van der Waals surface area contributed by atoms with E-state index in [2.05, 4.69) is 33.7 Å². The molecule has 1 saturated carbocycles. The highest BCUT2D eigenvalue weighted by atomic mass is 32.2. The van der Waals surface area contributed by atoms with Crippen molar-refractivity contribution < 1.29 is 27.5 Å². The average molecular weight is 634 g/mol. The zero-order chi connectivity index (χ0) is 31.9. The number of amides is 2. The zero-order valence-electron chi connectivity index (χ0n) is 24.8. The Hall–Kier alpha value is -4.45. The molecule has 2 atom stereocenters. The summed E-state index contributed by atoms with van der Waals surface area (Å²) >= 11 is 1.30. The van der Waals surface area contributed by atoms with Gasteiger partial charge in [0.1, 0.15) is 12.1 Å². The maximum absolute atomic E-state index is 13.0. The van der Waals surface area contributed by atoms with Crippen molar-refractivity contribution in [2.75, 3.05) is 10.7 Å². The van der Waals surface area contributed by atoms with Crippen LogP contribution in [0.1, 0.15) is 55.2 Å². The molecular weight excluding hydrogens is 603 g/mol. The Balaban J connectivity index is 1.08. The second-order valence-electron chi connectivity index (χ2n) is 11.5. The first kappa shape index (κ1) is 30.6. The molecule has 0 bridgehead atoms. The number of benzene rings is 3. The molecule has 2 heterocycles. The first-order valence-electron chi connectivity index (χ1n) is 14.5. The molecule has 2 unspecified atom stereocenters. The van der Waals surface area contributed by atoms with Crippen molar-refractivity contribution in [2.24, 2.45) is 10.9 Å². The van der Waals surface area contributed by atoms with Gasteiger partial charge in [-0.15, -0.1) is 18.3 Å². The van der Waals surface area contributed by atoms with E-state index < -0.39 is 6.36 Å². The smallest absolute Gasteiger partial charge is 0.406 e. The number of alkyl halides is 3. The number of anilines is 1. The van der Waals surface area contributed by atoms with Gasteiger partial charge < -0.3 is 4.74 Å². The van der Waals surface area contributed by atoms with E-state index in [1.807, 2.05) is 49.4 Å². The third-order valence-corrected chi connectivity index (χ3v) is 8.74. The molecule has 0 N–H and O–H groups in total. The summed E-state index contributed by atoms with van der Waals surface area (Å²) in [6.07, 6.45) is -2.08. The van der Waals surface area contributed by atoms with Crippen molar-refractivity contribution in [3.05, 3.63) is 89.7 Å². The van der Waals surface area contributed by atoms with Crippen LogP contribution in [0.15, 0.2) is 78.0 Å². The van der Waals surface area contributed by atoms with Crippen LogP contribution in [-0.4, -0.2) is 43.9 Å². The van der Waals surface area contributed by atoms with Gasteiger partial charge >= 0.3 is 6.36 Å². The van der Waals surface area contributed by atoms with Crippen molar-refractivity contribution in [3.8, 4) is 22.8 Å². The fraction of sp³-hybridized carbons (Fsp3) is 0.303. The lowest BCUT2D eigenvalue weighted by Gasteiger charge is -2.22. The summed E-state index contributed by atoms with van der Waals surface area (Å²) in [6, 6.07) is 19.2. The van der Waals surface area contributed by atoms with E-state index in [1.54, 1.807) is 4.90 Å². The van der Waals surface area contributed by atoms with Gasteiger partial charge in [-0.2, -0.15) is 4.99 Å². The van der Waals surface area contributed by atoms with Crippen molar-refractivity contribution in [3.63, 3.8) is 0 Å². The molecule has 0 radical (unpaired) electrons. The van der Waals surface area contributed by atoms with Gasteiger partial charge in [0, 0.05) is 12.0 Å². The average Bonchev–Trinajstić information content (AvgIpc) is 3.38. The number of halogens is 3. The highest BCUT2D eigenvalue weighted by Crippen LogP contribution is 2.50. The molecule has 3 aromatic carbocycles. The Labute approximate surface area is 262 Å². The zero-order valence-corrected chi connectivity index (χ0v) is 25.6. The highest BCUT2D eigenvalue weighted by Gasteiger charge is 2.40. The lowest BCUT2D eigenvalue weighted by molar-refractivity contribution is -0.274. The summed E-state index contributed by atoms with van der Waals surface area (Å²) < 4.78 is 42.7. The van der Waals surface area contributed by atoms with Crippen LogP contribution in [0.5, 0.6) is 5.75 Å². The second kappa shape index (κ2) is 12.2. The van der Waals surface area contributed by atoms with Gasteiger partial charge in [-0.05, 0) is 78.1 Å². The second-order valence-corrected chi connectivity index (χ2v) is 12.4. The van der Waals surface area contributed by atoms with Crippen LogP contribution in [0.3, 0.4) is 0 Å². The van der Waals surface area contributed by atoms with Crippen molar-refractivity contribution in [2.45, 2.75) is 51.8 Å². The summed E-state index contributed by atoms with van der Waals surface area (Å²) in [5, 5.41) is 4.90. The number of aryl methyl sites for hydroxylation is 1. The molecule has 2 fully saturated rings. The quantitative estimate of drug-likeness (QED) is 0.201. The number of thioether (sulfide) groups is 1. The molecule has 2 amide bonds. The minimum atomic E-state index is -4.75. The molecule has 1 aliphatic carbocycles. The molecule has 1 saturated heterocycles. The maximum Gasteiger partial charge on any atom is 0.573 e. The Morgan fingerprint density at radius 3 is 2.51 bits per heavy atom. The Morgan fingerprint density at radius 2 is 1.82 bits per heavy atom. The molecule has 12 heteroatoms. The number of rotatable bonds is 8. The molecule has 2 aliphatic rings. The fourth-order valence-corrected chi connectivity index (χ4v) is 6.35. The Morgan fingerprint density at radius 1 is 1.09 bits per heavy atom. The lowest BCUT2D eigenvalue weighted by Crippen LogP contribution is -2.31. The van der Waals surface area contributed by atoms with Crippen LogP contribution in [0.2, 0.25) is 0 Å². The number of carbonyl (C=O) groups is 2. The number of hydrogen-bond acceptors (Lipinski definition) is 6. The molecular formula is C33H30F3N5O3S. The molecule has 1 aliphatic heterocycles. The van der Waals surface area contributed by atoms with Gasteiger partial charge in [0.25, 0.3) is 0 Å². The van der Waals surface area contributed by atoms with E-state index in [0.717, 1.165) is 34.4 Å². The number of nitrogens with zero attached hydrogens (tertiary/aromatic N) is 5. The fourth-order valence-electron chi connectivity index (χ4n) is 5.48. The van der Waals surface area contributed by atoms with Crippen LogP contribution in [0.25, 0.3) is 17.1 Å². The van der Waals surface area contributed by atoms with E-state index in [0.29, 0.717) is 23.1 Å². The molecule has 232 valence electrons. The normalized spacial score (nSPS) is 19.0. The van der Waals surface area contributed by atoms with E-state index in [9.17, 15) is 22.8 Å². The van der Waals surface area contributed by atoms with E-state index >= 15 is 0 Å². The minimum absolute atomic E-state index is 0.0730. The highest BCUT2D eigenvalue weighted by molar-refractivity contribution is 8.15. The number of carbonyl (C=O) groups excluding carboxylic acids is 2. The number of aromatic nitrogens is 3. The molecule has 0 spiro atoms. The number of hydrogen-bond donors (Lipinski definition) is 0. The van der Waals surface area contributed by atoms with Crippen LogP contribution in [-0.2, 0) is 9.59 Å². The first-order chi connectivity index (χ1) is 21.4. The summed E-state index contributed by atoms with van der Waals surface area (Å²) in [4.78, 5) is 36.2. The summed E-state index contributed by atoms with van der Waals surface area (Å²) in [6.45, 7) is 6.14. The third-order valence-electron chi connectivity index (χ3n) is 7.82. The summed E-state index contributed by atoms with van der Waals surface area (Å²) in [5.74, 6) is 0.739. The SMILES string of the molecule is Cc1ccc(C(C)C)c(N2C(=O)CSC2=NC(=O)CC2CC2c2ccc(-c3ncn(-c4ccc(OC(F)(F)F)cc4)n3)cc2)c1. The van der Waals surface area contributed by atoms with Crippen molar-refractivity contribution in [1.29, 1.82) is 0 Å². The van der Waals surface area contributed by atoms with Crippen molar-refractivity contribution >= 4 is 34.4 Å². The predicted octanol–water partition coefficient (Wildman–Crippen LogP) is 7.42. The standard InChI is InChI=1S/C33H30F3N5O3S/c1-19(2)26-13-4-20(3)14-28(26)41-30(43)17-45-32(41)38-29(42)16-23-15-27(23)21-5-7-22(8-6-21)31-37-18-40(39-31)24-9-11-25(12-10-24)44-33(34,35)36/h4-14,18-19,23,27H,15-17H2,1-3H3. The lowest BCUT2D eigenvalue weighted by atomic mass is 9.99. The molecule has 1 aromatic heterocycles. The first-order valence-corrected chi connectivity index (χ1v) is 15.5. The van der Waals surface area contributed by atoms with Crippen LogP contribution < -0.4 is 9.64 Å². The van der Waals surface area contributed by atoms with Crippen LogP contribution in [0, 0.1) is 12.8 Å². The largest absolute Gasteiger partial charge is 0.573 e.